The Balaban J connectivity index is 1.22. The lowest BCUT2D eigenvalue weighted by molar-refractivity contribution is -0.158. The van der Waals surface area contributed by atoms with E-state index in [-0.39, 0.29) is 76.2 Å². The van der Waals surface area contributed by atoms with Crippen LogP contribution in [0.1, 0.15) is 153 Å². The number of benzene rings is 2. The van der Waals surface area contributed by atoms with E-state index < -0.39 is 222 Å². The summed E-state index contributed by atoms with van der Waals surface area (Å²) in [4.78, 5) is 191. The highest BCUT2D eigenvalue weighted by molar-refractivity contribution is 6.01. The lowest BCUT2D eigenvalue weighted by atomic mass is 9.74. The Morgan fingerprint density at radius 3 is 1.87 bits per heavy atom. The van der Waals surface area contributed by atoms with Crippen LogP contribution in [-0.4, -0.2) is 264 Å². The first-order valence-corrected chi connectivity index (χ1v) is 37.6. The van der Waals surface area contributed by atoms with Crippen LogP contribution in [0, 0.1) is 29.4 Å². The van der Waals surface area contributed by atoms with Crippen molar-refractivity contribution in [3.63, 3.8) is 0 Å². The summed E-state index contributed by atoms with van der Waals surface area (Å²) < 4.78 is 120. The number of rotatable bonds is 14. The van der Waals surface area contributed by atoms with Gasteiger partial charge in [-0.15, -0.1) is 0 Å². The predicted octanol–water partition coefficient (Wildman–Crippen LogP) is 5.88. The zero-order valence-corrected chi connectivity index (χ0v) is 63.9. The maximum absolute atomic E-state index is 15.6. The van der Waals surface area contributed by atoms with E-state index in [1.807, 2.05) is 0 Å². The number of nitrogens with one attached hydrogen (secondary N) is 3. The van der Waals surface area contributed by atoms with E-state index in [0.717, 1.165) is 73.6 Å². The van der Waals surface area contributed by atoms with Crippen molar-refractivity contribution in [1.82, 2.24) is 60.0 Å². The van der Waals surface area contributed by atoms with Gasteiger partial charge in [-0.3, -0.25) is 57.5 Å². The number of amides is 12. The molecule has 10 atom stereocenters. The van der Waals surface area contributed by atoms with Gasteiger partial charge in [0.1, 0.15) is 71.1 Å². The van der Waals surface area contributed by atoms with Crippen molar-refractivity contribution in [3.8, 4) is 0 Å². The molecule has 1 spiro atoms. The van der Waals surface area contributed by atoms with E-state index in [1.54, 1.807) is 39.8 Å². The Hall–Kier alpha value is -8.78. The second kappa shape index (κ2) is 36.4. The van der Waals surface area contributed by atoms with Gasteiger partial charge in [-0.05, 0) is 131 Å². The first-order chi connectivity index (χ1) is 51.3. The van der Waals surface area contributed by atoms with E-state index in [9.17, 15) is 50.3 Å². The van der Waals surface area contributed by atoms with Gasteiger partial charge in [-0.1, -0.05) is 70.2 Å². The van der Waals surface area contributed by atoms with E-state index in [1.165, 1.54) is 57.0 Å². The van der Waals surface area contributed by atoms with Crippen molar-refractivity contribution in [2.75, 3.05) is 88.7 Å². The molecule has 25 nitrogen and oxygen atoms in total. The Morgan fingerprint density at radius 1 is 0.670 bits per heavy atom. The van der Waals surface area contributed by atoms with Gasteiger partial charge in [-0.25, -0.2) is 8.78 Å². The fourth-order valence-electron chi connectivity index (χ4n) is 15.4. The molecule has 3 heterocycles. The molecule has 3 aliphatic carbocycles. The van der Waals surface area contributed by atoms with Gasteiger partial charge in [0.2, 0.25) is 70.9 Å². The topological polar surface area (TPSA) is 279 Å². The fourth-order valence-corrected chi connectivity index (χ4v) is 15.4. The van der Waals surface area contributed by atoms with Crippen LogP contribution in [0.4, 0.5) is 35.1 Å². The van der Waals surface area contributed by atoms with Crippen LogP contribution >= 0.6 is 0 Å². The molecule has 33 heteroatoms. The standard InChI is InChI=1S/C76H104F8N12O13/c1-12-44(4)63-71(106)90(7)43-61(99)91(8)54-23-16-15-19-34-95(70(54)105)58(38-46-26-29-49(30-27-46)75(79,80)81)69(104)89(6)42-59(97)85-53(31-28-47-35-51(77)62(52(78)36-47)76(82,83)84)67(102)96-41-50(109-14-3)39-56(96)66(101)87-74(32-20-33-74)73(108)94(11)64(48-21-17-18-22-48)72(107)93(10)57(68(103)88(5)13-2)40-60(98)92(9)55(65(100)86-63)37-45-24-25-45/h15-16,26-27,29-30,35-36,44-45,48,50,53-58,63-64H,12-14,17-25,28,31-34,37-43H2,1-11H3,(H,85,97)(H,86,100)(H,87,101)/b16-15-/t44-,50+,53+,54-,55-,56-,57-,58-,63-,64-/m0/s1. The van der Waals surface area contributed by atoms with Crippen LogP contribution in [0.3, 0.4) is 0 Å². The molecular formula is C76H104F8N12O13. The van der Waals surface area contributed by atoms with Gasteiger partial charge in [0.15, 0.2) is 0 Å². The van der Waals surface area contributed by atoms with Crippen molar-refractivity contribution >= 4 is 70.9 Å². The summed E-state index contributed by atoms with van der Waals surface area (Å²) in [6.07, 6.45) is -5.77. The molecule has 12 amide bonds. The highest BCUT2D eigenvalue weighted by Crippen LogP contribution is 2.40. The third-order valence-corrected chi connectivity index (χ3v) is 22.7. The summed E-state index contributed by atoms with van der Waals surface area (Å²) in [5.41, 5.74) is -5.24. The van der Waals surface area contributed by atoms with Gasteiger partial charge in [0.05, 0.1) is 31.2 Å². The molecule has 2 aromatic carbocycles. The van der Waals surface area contributed by atoms with Crippen LogP contribution in [0.15, 0.2) is 48.6 Å². The molecule has 3 saturated carbocycles. The molecule has 0 radical (unpaired) electrons. The molecule has 2 aromatic rings. The zero-order chi connectivity index (χ0) is 80.5. The number of carbonyl (C=O) groups is 12. The first-order valence-electron chi connectivity index (χ1n) is 37.6. The maximum atomic E-state index is 15.6. The minimum Gasteiger partial charge on any atom is -0.377 e. The number of hydrogen-bond donors (Lipinski definition) is 3. The number of carbonyl (C=O) groups excluding carboxylic acids is 12. The van der Waals surface area contributed by atoms with Gasteiger partial charge in [-0.2, -0.15) is 26.3 Å². The second-order valence-corrected chi connectivity index (χ2v) is 30.2. The SMILES string of the molecule is CCO[C@@H]1C[C@H]2C(=O)NC3(CCC3)C(=O)N(C)[C@@H](C3CCCC3)C(=O)N(C)[C@H](C(=O)N(C)CC)CC(=O)N(C)[C@@H](CC3CC3)C(=O)N[C@@H]([C@@H](C)CC)C(=O)N(C)CC(=O)N(C)[C@H]3C/C=C\CCN(C3=O)[C@@H](Cc3ccc(C(F)(F)F)cc3)C(=O)N(C)CC(=O)N[C@H](CCc3cc(F)c(C(F)(F)F)c(F)c3)C(=O)N2C1. The Morgan fingerprint density at radius 2 is 1.30 bits per heavy atom. The lowest BCUT2D eigenvalue weighted by Crippen LogP contribution is -2.68. The first kappa shape index (κ1) is 85.8. The third kappa shape index (κ3) is 20.4. The largest absolute Gasteiger partial charge is 0.422 e. The van der Waals surface area contributed by atoms with E-state index in [4.69, 9.17) is 4.74 Å². The highest BCUT2D eigenvalue weighted by Gasteiger charge is 2.54. The molecule has 109 heavy (non-hydrogen) atoms. The van der Waals surface area contributed by atoms with Gasteiger partial charge in [0, 0.05) is 88.4 Å². The molecule has 3 N–H and O–H groups in total. The van der Waals surface area contributed by atoms with Crippen molar-refractivity contribution in [2.24, 2.45) is 17.8 Å². The molecule has 0 aromatic heterocycles. The fraction of sp³-hybridized carbons (Fsp3) is 0.658. The van der Waals surface area contributed by atoms with E-state index >= 15 is 42.3 Å². The Kier molecular flexibility index (Phi) is 28.6. The highest BCUT2D eigenvalue weighted by atomic mass is 19.4. The summed E-state index contributed by atoms with van der Waals surface area (Å²) in [5, 5.41) is 8.32. The van der Waals surface area contributed by atoms with E-state index in [0.29, 0.717) is 50.7 Å². The second-order valence-electron chi connectivity index (χ2n) is 30.2. The van der Waals surface area contributed by atoms with Crippen molar-refractivity contribution in [2.45, 2.75) is 216 Å². The summed E-state index contributed by atoms with van der Waals surface area (Å²) >= 11 is 0. The molecular weight excluding hydrogens is 1440 g/mol. The predicted molar refractivity (Wildman–Crippen MR) is 381 cm³/mol. The Bertz CT molecular complexity index is 3700. The average Bonchev–Trinajstić information content (AvgIpc) is 1.71. The molecule has 602 valence electrons. The number of halogens is 8. The van der Waals surface area contributed by atoms with E-state index in [2.05, 4.69) is 16.0 Å². The third-order valence-electron chi connectivity index (χ3n) is 22.7. The minimum atomic E-state index is -5.46. The zero-order valence-electron chi connectivity index (χ0n) is 63.9. The number of likely N-dealkylation sites (N-methyl/N-ethyl adjacent to an activating group) is 7. The number of fused-ring (bicyclic) bond motifs is 3. The van der Waals surface area contributed by atoms with Gasteiger partial charge in [0.25, 0.3) is 0 Å². The van der Waals surface area contributed by atoms with Crippen LogP contribution in [0.5, 0.6) is 0 Å². The summed E-state index contributed by atoms with van der Waals surface area (Å²) in [6, 6.07) is -7.18. The molecule has 8 rings (SSSR count). The smallest absolute Gasteiger partial charge is 0.377 e. The van der Waals surface area contributed by atoms with Crippen LogP contribution in [0.2, 0.25) is 0 Å². The number of nitrogens with zero attached hydrogens (tertiary/aromatic N) is 9. The monoisotopic (exact) mass is 1540 g/mol. The molecule has 2 bridgehead atoms. The van der Waals surface area contributed by atoms with Crippen LogP contribution < -0.4 is 16.0 Å². The quantitative estimate of drug-likeness (QED) is 0.147. The van der Waals surface area contributed by atoms with Crippen LogP contribution in [-0.2, 0) is 87.5 Å². The molecule has 0 unspecified atom stereocenters. The van der Waals surface area contributed by atoms with Crippen molar-refractivity contribution in [3.05, 3.63) is 82.4 Å². The molecule has 2 saturated heterocycles. The molecule has 6 aliphatic rings. The van der Waals surface area contributed by atoms with Crippen LogP contribution in [0.25, 0.3) is 0 Å². The maximum Gasteiger partial charge on any atom is 0.422 e. The lowest BCUT2D eigenvalue weighted by Gasteiger charge is -2.46. The van der Waals surface area contributed by atoms with Gasteiger partial charge >= 0.3 is 12.4 Å². The number of alkyl halides is 6. The van der Waals surface area contributed by atoms with Crippen molar-refractivity contribution < 1.29 is 97.4 Å². The van der Waals surface area contributed by atoms with Crippen molar-refractivity contribution in [1.29, 1.82) is 0 Å². The molecule has 3 aliphatic heterocycles. The normalized spacial score (nSPS) is 26.6. The van der Waals surface area contributed by atoms with Gasteiger partial charge < -0.3 is 64.8 Å². The summed E-state index contributed by atoms with van der Waals surface area (Å²) in [7, 11) is 9.40. The number of ether oxygens (including phenoxy) is 1. The number of hydrogen-bond acceptors (Lipinski definition) is 13. The molecule has 5 fully saturated rings. The number of aryl methyl sites for hydroxylation is 1. The average molecular weight is 1550 g/mol. The Labute approximate surface area is 630 Å². The summed E-state index contributed by atoms with van der Waals surface area (Å²) in [6.45, 7) is 4.80. The minimum absolute atomic E-state index is 0.00640. The summed E-state index contributed by atoms with van der Waals surface area (Å²) in [5.74, 6) is -14.9.